The minimum absolute atomic E-state index is 0. The molecule has 1 aliphatic heterocycles. The van der Waals surface area contributed by atoms with Gasteiger partial charge in [-0.15, -0.1) is 24.0 Å². The maximum Gasteiger partial charge on any atom is 0.213 e. The molecule has 7 nitrogen and oxygen atoms in total. The summed E-state index contributed by atoms with van der Waals surface area (Å²) in [4.78, 5) is 15.2. The van der Waals surface area contributed by atoms with Crippen LogP contribution in [0.5, 0.6) is 5.88 Å². The van der Waals surface area contributed by atoms with Gasteiger partial charge in [0.15, 0.2) is 17.6 Å². The van der Waals surface area contributed by atoms with Gasteiger partial charge in [0.1, 0.15) is 0 Å². The number of ether oxygens (including phenoxy) is 1. The van der Waals surface area contributed by atoms with Crippen molar-refractivity contribution in [1.82, 2.24) is 20.6 Å². The maximum absolute atomic E-state index is 14.0. The first-order valence-electron chi connectivity index (χ1n) is 10.7. The van der Waals surface area contributed by atoms with Crippen molar-refractivity contribution in [3.8, 4) is 5.88 Å². The van der Waals surface area contributed by atoms with E-state index in [-0.39, 0.29) is 35.8 Å². The zero-order valence-corrected chi connectivity index (χ0v) is 20.1. The monoisotopic (exact) mass is 540 g/mol. The Morgan fingerprint density at radius 1 is 1.26 bits per heavy atom. The van der Waals surface area contributed by atoms with Crippen molar-refractivity contribution in [3.05, 3.63) is 48.0 Å². The van der Waals surface area contributed by atoms with Crippen LogP contribution in [-0.2, 0) is 6.54 Å². The van der Waals surface area contributed by atoms with Crippen LogP contribution in [0.3, 0.4) is 0 Å². The number of aromatic nitrogens is 2. The van der Waals surface area contributed by atoms with Crippen molar-refractivity contribution in [2.75, 3.05) is 31.1 Å². The van der Waals surface area contributed by atoms with E-state index in [1.54, 1.807) is 12.3 Å². The van der Waals surface area contributed by atoms with Gasteiger partial charge in [-0.1, -0.05) is 6.07 Å². The van der Waals surface area contributed by atoms with E-state index in [4.69, 9.17) is 4.74 Å². The SMILES string of the molecule is CCNC(=NCc1ccc(OCC2CC2)nc1)NC1CCN(c2ncccc2F)C1.I. The summed E-state index contributed by atoms with van der Waals surface area (Å²) in [7, 11) is 0. The van der Waals surface area contributed by atoms with Gasteiger partial charge < -0.3 is 20.3 Å². The van der Waals surface area contributed by atoms with Crippen molar-refractivity contribution < 1.29 is 9.13 Å². The molecule has 0 radical (unpaired) electrons. The zero-order chi connectivity index (χ0) is 20.8. The third-order valence-corrected chi connectivity index (χ3v) is 5.29. The highest BCUT2D eigenvalue weighted by molar-refractivity contribution is 14.0. The Bertz CT molecular complexity index is 861. The van der Waals surface area contributed by atoms with Crippen molar-refractivity contribution in [2.24, 2.45) is 10.9 Å². The molecule has 0 spiro atoms. The third kappa shape index (κ3) is 6.91. The molecule has 4 rings (SSSR count). The Morgan fingerprint density at radius 3 is 2.84 bits per heavy atom. The standard InChI is InChI=1S/C22H29FN6O.HI/c1-2-24-22(27-13-17-7-8-20(26-12-17)30-15-16-5-6-16)28-18-9-11-29(14-18)21-19(23)4-3-10-25-21;/h3-4,7-8,10,12,16,18H,2,5-6,9,11,13-15H2,1H3,(H2,24,27,28);1H. The molecule has 1 unspecified atom stereocenters. The van der Waals surface area contributed by atoms with E-state index in [9.17, 15) is 4.39 Å². The van der Waals surface area contributed by atoms with Crippen LogP contribution in [0.25, 0.3) is 0 Å². The Labute approximate surface area is 199 Å². The molecule has 2 N–H and O–H groups in total. The number of pyridine rings is 2. The molecule has 31 heavy (non-hydrogen) atoms. The van der Waals surface area contributed by atoms with Crippen molar-refractivity contribution in [2.45, 2.75) is 38.8 Å². The summed E-state index contributed by atoms with van der Waals surface area (Å²) in [5.41, 5.74) is 1.02. The molecule has 168 valence electrons. The molecular weight excluding hydrogens is 510 g/mol. The number of hydrogen-bond donors (Lipinski definition) is 2. The maximum atomic E-state index is 14.0. The molecule has 3 heterocycles. The second-order valence-corrected chi connectivity index (χ2v) is 7.84. The van der Waals surface area contributed by atoms with Crippen LogP contribution in [0.15, 0.2) is 41.7 Å². The predicted molar refractivity (Wildman–Crippen MR) is 131 cm³/mol. The molecule has 1 atom stereocenters. The number of halogens is 2. The predicted octanol–water partition coefficient (Wildman–Crippen LogP) is 3.36. The molecule has 1 aliphatic carbocycles. The number of aliphatic imine (C=N–C) groups is 1. The second kappa shape index (κ2) is 11.4. The van der Waals surface area contributed by atoms with Gasteiger partial charge in [-0.25, -0.2) is 19.4 Å². The summed E-state index contributed by atoms with van der Waals surface area (Å²) in [5, 5.41) is 6.74. The quantitative estimate of drug-likeness (QED) is 0.304. The van der Waals surface area contributed by atoms with Crippen LogP contribution in [0, 0.1) is 11.7 Å². The Morgan fingerprint density at radius 2 is 2.13 bits per heavy atom. The summed E-state index contributed by atoms with van der Waals surface area (Å²) >= 11 is 0. The molecule has 0 amide bonds. The lowest BCUT2D eigenvalue weighted by Gasteiger charge is -2.20. The van der Waals surface area contributed by atoms with E-state index in [1.165, 1.54) is 18.9 Å². The number of rotatable bonds is 8. The van der Waals surface area contributed by atoms with E-state index >= 15 is 0 Å². The average Bonchev–Trinajstić information content (AvgIpc) is 3.49. The number of nitrogens with zero attached hydrogens (tertiary/aromatic N) is 4. The largest absolute Gasteiger partial charge is 0.477 e. The number of hydrogen-bond acceptors (Lipinski definition) is 5. The average molecular weight is 540 g/mol. The zero-order valence-electron chi connectivity index (χ0n) is 17.8. The Hall–Kier alpha value is -2.17. The van der Waals surface area contributed by atoms with E-state index in [0.717, 1.165) is 37.6 Å². The fraction of sp³-hybridized carbons (Fsp3) is 0.500. The second-order valence-electron chi connectivity index (χ2n) is 7.84. The molecular formula is C22H30FIN6O. The topological polar surface area (TPSA) is 74.7 Å². The van der Waals surface area contributed by atoms with Gasteiger partial charge in [0, 0.05) is 44.1 Å². The molecule has 2 fully saturated rings. The lowest BCUT2D eigenvalue weighted by atomic mass is 10.2. The Balaban J connectivity index is 0.00000272. The normalized spacial score (nSPS) is 18.5. The summed E-state index contributed by atoms with van der Waals surface area (Å²) in [6, 6.07) is 7.15. The minimum Gasteiger partial charge on any atom is -0.477 e. The summed E-state index contributed by atoms with van der Waals surface area (Å²) in [6.45, 7) is 5.54. The Kier molecular flexibility index (Phi) is 8.68. The first-order valence-corrected chi connectivity index (χ1v) is 10.7. The molecule has 1 saturated carbocycles. The highest BCUT2D eigenvalue weighted by atomic mass is 127. The van der Waals surface area contributed by atoms with E-state index in [2.05, 4.69) is 25.6 Å². The van der Waals surface area contributed by atoms with Gasteiger partial charge >= 0.3 is 0 Å². The van der Waals surface area contributed by atoms with E-state index < -0.39 is 0 Å². The highest BCUT2D eigenvalue weighted by Crippen LogP contribution is 2.29. The van der Waals surface area contributed by atoms with Gasteiger partial charge in [0.05, 0.1) is 13.2 Å². The van der Waals surface area contributed by atoms with Gasteiger partial charge in [0.25, 0.3) is 0 Å². The molecule has 0 bridgehead atoms. The molecule has 1 saturated heterocycles. The highest BCUT2D eigenvalue weighted by Gasteiger charge is 2.26. The minimum atomic E-state index is -0.282. The molecule has 9 heteroatoms. The van der Waals surface area contributed by atoms with Crippen LogP contribution >= 0.6 is 24.0 Å². The lowest BCUT2D eigenvalue weighted by Crippen LogP contribution is -2.44. The number of guanidine groups is 1. The fourth-order valence-corrected chi connectivity index (χ4v) is 3.44. The third-order valence-electron chi connectivity index (χ3n) is 5.29. The molecule has 0 aromatic carbocycles. The van der Waals surface area contributed by atoms with Crippen molar-refractivity contribution in [3.63, 3.8) is 0 Å². The van der Waals surface area contributed by atoms with Crippen molar-refractivity contribution in [1.29, 1.82) is 0 Å². The van der Waals surface area contributed by atoms with Crippen LogP contribution < -0.4 is 20.3 Å². The van der Waals surface area contributed by atoms with Gasteiger partial charge in [-0.3, -0.25) is 0 Å². The van der Waals surface area contributed by atoms with Crippen LogP contribution in [-0.4, -0.2) is 48.2 Å². The summed E-state index contributed by atoms with van der Waals surface area (Å²) in [6.07, 6.45) is 6.87. The smallest absolute Gasteiger partial charge is 0.213 e. The van der Waals surface area contributed by atoms with Gasteiger partial charge in [-0.2, -0.15) is 0 Å². The van der Waals surface area contributed by atoms with Gasteiger partial charge in [-0.05, 0) is 49.8 Å². The van der Waals surface area contributed by atoms with Crippen LogP contribution in [0.4, 0.5) is 10.2 Å². The first kappa shape index (κ1) is 23.5. The number of anilines is 1. The van der Waals surface area contributed by atoms with E-state index in [1.807, 2.05) is 30.2 Å². The first-order chi connectivity index (χ1) is 14.7. The number of nitrogens with one attached hydrogen (secondary N) is 2. The lowest BCUT2D eigenvalue weighted by molar-refractivity contribution is 0.288. The summed E-state index contributed by atoms with van der Waals surface area (Å²) in [5.74, 6) is 2.27. The molecule has 2 aromatic rings. The molecule has 2 aliphatic rings. The van der Waals surface area contributed by atoms with Crippen LogP contribution in [0.1, 0.15) is 31.7 Å². The fourth-order valence-electron chi connectivity index (χ4n) is 3.44. The van der Waals surface area contributed by atoms with E-state index in [0.29, 0.717) is 30.7 Å². The van der Waals surface area contributed by atoms with Crippen molar-refractivity contribution >= 4 is 35.8 Å². The van der Waals surface area contributed by atoms with Crippen LogP contribution in [0.2, 0.25) is 0 Å². The summed E-state index contributed by atoms with van der Waals surface area (Å²) < 4.78 is 19.7. The van der Waals surface area contributed by atoms with Gasteiger partial charge in [0.2, 0.25) is 5.88 Å². The molecule has 2 aromatic heterocycles.